The summed E-state index contributed by atoms with van der Waals surface area (Å²) in [5.41, 5.74) is 2.54. The van der Waals surface area contributed by atoms with E-state index in [0.717, 1.165) is 22.3 Å². The zero-order chi connectivity index (χ0) is 17.9. The number of benzene rings is 1. The van der Waals surface area contributed by atoms with Gasteiger partial charge in [-0.25, -0.2) is 4.98 Å². The topological polar surface area (TPSA) is 45.2 Å². The van der Waals surface area contributed by atoms with Gasteiger partial charge in [0, 0.05) is 25.6 Å². The first kappa shape index (κ1) is 17.7. The summed E-state index contributed by atoms with van der Waals surface area (Å²) in [6.07, 6.45) is 6.80. The highest BCUT2D eigenvalue weighted by Crippen LogP contribution is 2.41. The molecule has 1 saturated carbocycles. The molecule has 2 heterocycles. The third-order valence-corrected chi connectivity index (χ3v) is 6.53. The number of amides is 1. The van der Waals surface area contributed by atoms with E-state index in [0.29, 0.717) is 12.5 Å². The normalized spacial score (nSPS) is 20.9. The van der Waals surface area contributed by atoms with Crippen LogP contribution in [0.25, 0.3) is 0 Å². The summed E-state index contributed by atoms with van der Waals surface area (Å²) in [4.78, 5) is 20.1. The van der Waals surface area contributed by atoms with Crippen molar-refractivity contribution in [2.24, 2.45) is 5.92 Å². The van der Waals surface area contributed by atoms with Crippen LogP contribution in [0.5, 0.6) is 0 Å². The molecule has 1 unspecified atom stereocenters. The fourth-order valence-corrected chi connectivity index (χ4v) is 4.73. The Bertz CT molecular complexity index is 768. The number of piperidine rings is 1. The molecule has 1 N–H and O–H groups in total. The Morgan fingerprint density at radius 2 is 2.08 bits per heavy atom. The fourth-order valence-electron chi connectivity index (χ4n) is 3.73. The second-order valence-electron chi connectivity index (χ2n) is 7.77. The molecule has 1 atom stereocenters. The first-order valence-electron chi connectivity index (χ1n) is 9.72. The lowest BCUT2D eigenvalue weighted by Crippen LogP contribution is -2.34. The lowest BCUT2D eigenvalue weighted by atomic mass is 9.99. The van der Waals surface area contributed by atoms with Gasteiger partial charge in [0.05, 0.1) is 11.2 Å². The quantitative estimate of drug-likeness (QED) is 0.831. The van der Waals surface area contributed by atoms with Gasteiger partial charge in [-0.3, -0.25) is 9.69 Å². The highest BCUT2D eigenvalue weighted by Gasteiger charge is 2.27. The molecule has 0 radical (unpaired) electrons. The number of thiazole rings is 1. The molecular formula is C21H27N3OS. The summed E-state index contributed by atoms with van der Waals surface area (Å²) < 4.78 is 0. The molecule has 1 aliphatic heterocycles. The average Bonchev–Trinajstić information content (AvgIpc) is 3.37. The standard InChI is InChI=1S/C21H27N3OS/c1-15-5-4-10-24(13-15)14-18-7-3-2-6-17(18)11-22-20(25)19-12-23-21(26-19)16-8-9-16/h2-3,6-7,12,15-16H,4-5,8-11,13-14H2,1H3,(H,22,25). The van der Waals surface area contributed by atoms with Crippen molar-refractivity contribution in [3.05, 3.63) is 51.5 Å². The van der Waals surface area contributed by atoms with Gasteiger partial charge in [-0.15, -0.1) is 11.3 Å². The van der Waals surface area contributed by atoms with Crippen LogP contribution in [-0.2, 0) is 13.1 Å². The van der Waals surface area contributed by atoms with Gasteiger partial charge in [-0.1, -0.05) is 31.2 Å². The third kappa shape index (κ3) is 4.33. The minimum absolute atomic E-state index is 0.00389. The van der Waals surface area contributed by atoms with E-state index in [1.54, 1.807) is 17.5 Å². The average molecular weight is 370 g/mol. The number of nitrogens with one attached hydrogen (secondary N) is 1. The monoisotopic (exact) mass is 369 g/mol. The van der Waals surface area contributed by atoms with Gasteiger partial charge in [0.2, 0.25) is 0 Å². The maximum Gasteiger partial charge on any atom is 0.263 e. The number of carbonyl (C=O) groups is 1. The molecule has 0 bridgehead atoms. The molecule has 2 fully saturated rings. The minimum Gasteiger partial charge on any atom is -0.347 e. The van der Waals surface area contributed by atoms with Gasteiger partial charge in [0.1, 0.15) is 4.88 Å². The Morgan fingerprint density at radius 3 is 2.85 bits per heavy atom. The summed E-state index contributed by atoms with van der Waals surface area (Å²) in [7, 11) is 0. The predicted octanol–water partition coefficient (Wildman–Crippen LogP) is 4.18. The highest BCUT2D eigenvalue weighted by molar-refractivity contribution is 7.13. The van der Waals surface area contributed by atoms with Gasteiger partial charge < -0.3 is 5.32 Å². The predicted molar refractivity (Wildman–Crippen MR) is 105 cm³/mol. The smallest absolute Gasteiger partial charge is 0.263 e. The van der Waals surface area contributed by atoms with Crippen molar-refractivity contribution >= 4 is 17.2 Å². The van der Waals surface area contributed by atoms with Crippen LogP contribution in [0.1, 0.15) is 64.3 Å². The van der Waals surface area contributed by atoms with Crippen LogP contribution in [0.3, 0.4) is 0 Å². The van der Waals surface area contributed by atoms with E-state index in [1.165, 1.54) is 49.9 Å². The lowest BCUT2D eigenvalue weighted by Gasteiger charge is -2.31. The van der Waals surface area contributed by atoms with Gasteiger partial charge in [-0.2, -0.15) is 0 Å². The molecule has 2 aromatic rings. The van der Waals surface area contributed by atoms with Crippen LogP contribution >= 0.6 is 11.3 Å². The molecule has 26 heavy (non-hydrogen) atoms. The highest BCUT2D eigenvalue weighted by atomic mass is 32.1. The van der Waals surface area contributed by atoms with Gasteiger partial charge in [0.15, 0.2) is 0 Å². The number of hydrogen-bond donors (Lipinski definition) is 1. The molecular weight excluding hydrogens is 342 g/mol. The first-order valence-corrected chi connectivity index (χ1v) is 10.5. The van der Waals surface area contributed by atoms with E-state index in [-0.39, 0.29) is 5.91 Å². The van der Waals surface area contributed by atoms with Crippen LogP contribution < -0.4 is 5.32 Å². The summed E-state index contributed by atoms with van der Waals surface area (Å²) >= 11 is 1.55. The van der Waals surface area contributed by atoms with Gasteiger partial charge in [-0.05, 0) is 49.3 Å². The number of likely N-dealkylation sites (tertiary alicyclic amines) is 1. The molecule has 1 aromatic carbocycles. The maximum absolute atomic E-state index is 12.5. The molecule has 5 heteroatoms. The lowest BCUT2D eigenvalue weighted by molar-refractivity contribution is 0.0954. The molecule has 4 nitrogen and oxygen atoms in total. The number of nitrogens with zero attached hydrogens (tertiary/aromatic N) is 2. The fraction of sp³-hybridized carbons (Fsp3) is 0.524. The number of carbonyl (C=O) groups excluding carboxylic acids is 1. The van der Waals surface area contributed by atoms with Crippen LogP contribution in [0.4, 0.5) is 0 Å². The van der Waals surface area contributed by atoms with Crippen molar-refractivity contribution in [2.75, 3.05) is 13.1 Å². The zero-order valence-corrected chi connectivity index (χ0v) is 16.2. The van der Waals surface area contributed by atoms with Gasteiger partial charge >= 0.3 is 0 Å². The molecule has 138 valence electrons. The SMILES string of the molecule is CC1CCCN(Cc2ccccc2CNC(=O)c2cnc(C3CC3)s2)C1. The second kappa shape index (κ2) is 7.89. The Labute approximate surface area is 159 Å². The Hall–Kier alpha value is -1.72. The summed E-state index contributed by atoms with van der Waals surface area (Å²) in [6, 6.07) is 8.48. The molecule has 1 amide bonds. The van der Waals surface area contributed by atoms with Crippen LogP contribution in [0, 0.1) is 5.92 Å². The molecule has 4 rings (SSSR count). The van der Waals surface area contributed by atoms with E-state index in [9.17, 15) is 4.79 Å². The van der Waals surface area contributed by atoms with Crippen LogP contribution in [-0.4, -0.2) is 28.9 Å². The number of rotatable bonds is 6. The third-order valence-electron chi connectivity index (χ3n) is 5.37. The second-order valence-corrected chi connectivity index (χ2v) is 8.83. The van der Waals surface area contributed by atoms with E-state index in [2.05, 4.69) is 46.4 Å². The maximum atomic E-state index is 12.5. The van der Waals surface area contributed by atoms with Crippen molar-refractivity contribution < 1.29 is 4.79 Å². The minimum atomic E-state index is -0.00389. The largest absolute Gasteiger partial charge is 0.347 e. The van der Waals surface area contributed by atoms with Crippen LogP contribution in [0.2, 0.25) is 0 Å². The van der Waals surface area contributed by atoms with Gasteiger partial charge in [0.25, 0.3) is 5.91 Å². The van der Waals surface area contributed by atoms with Crippen molar-refractivity contribution in [3.63, 3.8) is 0 Å². The Morgan fingerprint density at radius 1 is 1.27 bits per heavy atom. The molecule has 0 spiro atoms. The van der Waals surface area contributed by atoms with Crippen molar-refractivity contribution in [1.82, 2.24) is 15.2 Å². The number of hydrogen-bond acceptors (Lipinski definition) is 4. The van der Waals surface area contributed by atoms with E-state index >= 15 is 0 Å². The van der Waals surface area contributed by atoms with E-state index in [4.69, 9.17) is 0 Å². The van der Waals surface area contributed by atoms with Crippen molar-refractivity contribution in [2.45, 2.75) is 51.6 Å². The molecule has 1 saturated heterocycles. The van der Waals surface area contributed by atoms with E-state index < -0.39 is 0 Å². The van der Waals surface area contributed by atoms with Crippen molar-refractivity contribution in [1.29, 1.82) is 0 Å². The summed E-state index contributed by atoms with van der Waals surface area (Å²) in [5.74, 6) is 1.38. The Kier molecular flexibility index (Phi) is 5.36. The molecule has 1 aromatic heterocycles. The Balaban J connectivity index is 1.37. The molecule has 1 aliphatic carbocycles. The molecule has 2 aliphatic rings. The zero-order valence-electron chi connectivity index (χ0n) is 15.4. The van der Waals surface area contributed by atoms with Crippen LogP contribution in [0.15, 0.2) is 30.5 Å². The van der Waals surface area contributed by atoms with Crippen molar-refractivity contribution in [3.8, 4) is 0 Å². The summed E-state index contributed by atoms with van der Waals surface area (Å²) in [5, 5.41) is 4.21. The van der Waals surface area contributed by atoms with E-state index in [1.807, 2.05) is 0 Å². The number of aromatic nitrogens is 1. The summed E-state index contributed by atoms with van der Waals surface area (Å²) in [6.45, 7) is 6.24. The first-order chi connectivity index (χ1) is 12.7.